The van der Waals surface area contributed by atoms with Crippen LogP contribution >= 0.6 is 0 Å². The Labute approximate surface area is 268 Å². The number of hydrogen-bond donors (Lipinski definition) is 2. The van der Waals surface area contributed by atoms with Crippen molar-refractivity contribution in [3.63, 3.8) is 0 Å². The smallest absolute Gasteiger partial charge is 0.326 e. The van der Waals surface area contributed by atoms with Crippen molar-refractivity contribution in [3.05, 3.63) is 82.3 Å². The van der Waals surface area contributed by atoms with Crippen LogP contribution in [0.3, 0.4) is 0 Å². The van der Waals surface area contributed by atoms with Crippen molar-refractivity contribution in [1.82, 2.24) is 9.97 Å². The van der Waals surface area contributed by atoms with E-state index in [0.29, 0.717) is 29.2 Å². The quantitative estimate of drug-likeness (QED) is 0.131. The Hall–Kier alpha value is -4.13. The Bertz CT molecular complexity index is 1600. The lowest BCUT2D eigenvalue weighted by molar-refractivity contribution is 0.256. The van der Waals surface area contributed by atoms with Gasteiger partial charge in [-0.15, -0.1) is 0 Å². The molecule has 0 fully saturated rings. The van der Waals surface area contributed by atoms with E-state index < -0.39 is 0 Å². The van der Waals surface area contributed by atoms with Gasteiger partial charge in [0, 0.05) is 29.4 Å². The summed E-state index contributed by atoms with van der Waals surface area (Å²) in [6, 6.07) is 17.3. The first-order valence-electron chi connectivity index (χ1n) is 16.6. The van der Waals surface area contributed by atoms with E-state index in [1.807, 2.05) is 36.4 Å². The fourth-order valence-corrected chi connectivity index (χ4v) is 6.03. The Kier molecular flexibility index (Phi) is 12.2. The fourth-order valence-electron chi connectivity index (χ4n) is 6.03. The number of hydrogen-bond acceptors (Lipinski definition) is 4. The minimum absolute atomic E-state index is 0.211. The molecule has 0 unspecified atom stereocenters. The summed E-state index contributed by atoms with van der Waals surface area (Å²) in [5.74, 6) is 1.09. The van der Waals surface area contributed by atoms with Crippen LogP contribution < -0.4 is 20.5 Å². The SMILES string of the molecule is CCCCCCCCCCN(C(=O)Nc1c(C(C)C)cccc1C(C)C)c1c(-c2cccc(OC)c2)c2cccnc2[nH]c1=O. The number of urea groups is 1. The summed E-state index contributed by atoms with van der Waals surface area (Å²) >= 11 is 0. The summed E-state index contributed by atoms with van der Waals surface area (Å²) in [4.78, 5) is 37.6. The first kappa shape index (κ1) is 33.8. The normalized spacial score (nSPS) is 11.4. The van der Waals surface area contributed by atoms with Gasteiger partial charge in [-0.2, -0.15) is 0 Å². The van der Waals surface area contributed by atoms with Crippen LogP contribution in [0.4, 0.5) is 16.2 Å². The molecule has 0 aliphatic rings. The minimum atomic E-state index is -0.352. The molecule has 2 N–H and O–H groups in total. The maximum Gasteiger partial charge on any atom is 0.326 e. The first-order valence-corrected chi connectivity index (χ1v) is 16.6. The summed E-state index contributed by atoms with van der Waals surface area (Å²) in [6.07, 6.45) is 10.7. The average molecular weight is 611 g/mol. The highest BCUT2D eigenvalue weighted by atomic mass is 16.5. The molecule has 0 bridgehead atoms. The van der Waals surface area contributed by atoms with E-state index in [0.717, 1.165) is 47.0 Å². The standard InChI is InChI=1S/C38H50N4O3/c1-7-8-9-10-11-12-13-14-24-42(38(44)40-34-30(26(2)3)20-16-21-31(34)27(4)5)35-33(28-18-15-19-29(25-28)45-6)32-22-17-23-39-36(32)41-37(35)43/h15-23,25-27H,7-14,24H2,1-6H3,(H,40,44)(H,39,41,43). The van der Waals surface area contributed by atoms with E-state index in [4.69, 9.17) is 4.74 Å². The number of nitrogens with one attached hydrogen (secondary N) is 2. The Morgan fingerprint density at radius 1 is 0.889 bits per heavy atom. The summed E-state index contributed by atoms with van der Waals surface area (Å²) in [6.45, 7) is 11.2. The molecule has 7 heteroatoms. The van der Waals surface area contributed by atoms with Gasteiger partial charge >= 0.3 is 6.03 Å². The molecule has 0 saturated carbocycles. The second-order valence-corrected chi connectivity index (χ2v) is 12.5. The number of nitrogens with zero attached hydrogens (tertiary/aromatic N) is 2. The molecule has 240 valence electrons. The van der Waals surface area contributed by atoms with Crippen LogP contribution in [0.1, 0.15) is 109 Å². The van der Waals surface area contributed by atoms with Gasteiger partial charge in [0.15, 0.2) is 0 Å². The Morgan fingerprint density at radius 2 is 1.53 bits per heavy atom. The lowest BCUT2D eigenvalue weighted by atomic mass is 9.92. The zero-order chi connectivity index (χ0) is 32.3. The Morgan fingerprint density at radius 3 is 2.18 bits per heavy atom. The second kappa shape index (κ2) is 16.3. The number of aromatic nitrogens is 2. The third-order valence-electron chi connectivity index (χ3n) is 8.47. The number of benzene rings is 2. The number of methoxy groups -OCH3 is 1. The number of unbranched alkanes of at least 4 members (excludes halogenated alkanes) is 7. The summed E-state index contributed by atoms with van der Waals surface area (Å²) in [7, 11) is 1.62. The third kappa shape index (κ3) is 8.33. The van der Waals surface area contributed by atoms with Crippen molar-refractivity contribution in [2.24, 2.45) is 0 Å². The predicted octanol–water partition coefficient (Wildman–Crippen LogP) is 10.0. The molecule has 45 heavy (non-hydrogen) atoms. The largest absolute Gasteiger partial charge is 0.497 e. The van der Waals surface area contributed by atoms with Crippen molar-refractivity contribution in [2.75, 3.05) is 23.9 Å². The molecule has 0 saturated heterocycles. The molecule has 2 heterocycles. The van der Waals surface area contributed by atoms with Crippen LogP contribution in [0.5, 0.6) is 5.75 Å². The lowest BCUT2D eigenvalue weighted by Gasteiger charge is -2.28. The highest BCUT2D eigenvalue weighted by Crippen LogP contribution is 2.37. The number of carbonyl (C=O) groups excluding carboxylic acids is 1. The highest BCUT2D eigenvalue weighted by Gasteiger charge is 2.27. The van der Waals surface area contributed by atoms with Gasteiger partial charge in [0.05, 0.1) is 7.11 Å². The Balaban J connectivity index is 1.81. The van der Waals surface area contributed by atoms with Crippen LogP contribution in [0.15, 0.2) is 65.6 Å². The highest BCUT2D eigenvalue weighted by molar-refractivity contribution is 6.09. The van der Waals surface area contributed by atoms with Gasteiger partial charge in [0.1, 0.15) is 17.1 Å². The van der Waals surface area contributed by atoms with Gasteiger partial charge in [-0.05, 0) is 59.2 Å². The van der Waals surface area contributed by atoms with Crippen LogP contribution in [0.25, 0.3) is 22.2 Å². The van der Waals surface area contributed by atoms with Gasteiger partial charge in [-0.3, -0.25) is 9.69 Å². The number of H-pyrrole nitrogens is 1. The minimum Gasteiger partial charge on any atom is -0.497 e. The first-order chi connectivity index (χ1) is 21.8. The van der Waals surface area contributed by atoms with Crippen molar-refractivity contribution >= 4 is 28.4 Å². The van der Waals surface area contributed by atoms with Crippen LogP contribution in [0.2, 0.25) is 0 Å². The number of carbonyl (C=O) groups is 1. The predicted molar refractivity (Wildman–Crippen MR) is 188 cm³/mol. The molecule has 4 aromatic rings. The molecular weight excluding hydrogens is 560 g/mol. The number of ether oxygens (including phenoxy) is 1. The van der Waals surface area contributed by atoms with Crippen molar-refractivity contribution in [3.8, 4) is 16.9 Å². The van der Waals surface area contributed by atoms with Crippen molar-refractivity contribution < 1.29 is 9.53 Å². The molecule has 0 aliphatic carbocycles. The number of para-hydroxylation sites is 1. The van der Waals surface area contributed by atoms with Crippen LogP contribution in [-0.2, 0) is 0 Å². The topological polar surface area (TPSA) is 87.3 Å². The zero-order valence-electron chi connectivity index (χ0n) is 27.9. The van der Waals surface area contributed by atoms with E-state index in [2.05, 4.69) is 68.1 Å². The molecule has 4 rings (SSSR count). The summed E-state index contributed by atoms with van der Waals surface area (Å²) < 4.78 is 5.55. The summed E-state index contributed by atoms with van der Waals surface area (Å²) in [5, 5.41) is 4.05. The molecule has 2 aromatic heterocycles. The van der Waals surface area contributed by atoms with E-state index in [1.54, 1.807) is 18.2 Å². The maximum atomic E-state index is 14.5. The zero-order valence-corrected chi connectivity index (χ0v) is 27.9. The summed E-state index contributed by atoms with van der Waals surface area (Å²) in [5.41, 5.74) is 4.87. The van der Waals surface area contributed by atoms with Crippen molar-refractivity contribution in [2.45, 2.75) is 97.8 Å². The van der Waals surface area contributed by atoms with Crippen LogP contribution in [-0.4, -0.2) is 29.7 Å². The van der Waals surface area contributed by atoms with Gasteiger partial charge in [-0.25, -0.2) is 9.78 Å². The molecule has 2 amide bonds. The molecular formula is C38H50N4O3. The van der Waals surface area contributed by atoms with Gasteiger partial charge in [0.2, 0.25) is 0 Å². The van der Waals surface area contributed by atoms with Gasteiger partial charge in [-0.1, -0.05) is 110 Å². The number of aromatic amines is 1. The second-order valence-electron chi connectivity index (χ2n) is 12.5. The van der Waals surface area contributed by atoms with Gasteiger partial charge < -0.3 is 15.0 Å². The molecule has 2 aromatic carbocycles. The number of anilines is 2. The molecule has 0 radical (unpaired) electrons. The van der Waals surface area contributed by atoms with E-state index in [-0.39, 0.29) is 23.4 Å². The molecule has 7 nitrogen and oxygen atoms in total. The number of pyridine rings is 2. The van der Waals surface area contributed by atoms with E-state index in [9.17, 15) is 9.59 Å². The molecule has 0 spiro atoms. The van der Waals surface area contributed by atoms with Crippen LogP contribution in [0, 0.1) is 0 Å². The fraction of sp³-hybridized carbons (Fsp3) is 0.447. The number of rotatable bonds is 15. The third-order valence-corrected chi connectivity index (χ3v) is 8.47. The maximum absolute atomic E-state index is 14.5. The number of amides is 2. The van der Waals surface area contributed by atoms with E-state index in [1.165, 1.54) is 32.1 Å². The molecule has 0 atom stereocenters. The van der Waals surface area contributed by atoms with Crippen molar-refractivity contribution in [1.29, 1.82) is 0 Å². The lowest BCUT2D eigenvalue weighted by Crippen LogP contribution is -2.40. The average Bonchev–Trinajstić information content (AvgIpc) is 3.03. The van der Waals surface area contributed by atoms with E-state index >= 15 is 0 Å². The van der Waals surface area contributed by atoms with Gasteiger partial charge in [0.25, 0.3) is 5.56 Å². The monoisotopic (exact) mass is 610 g/mol. The number of fused-ring (bicyclic) bond motifs is 1. The molecule has 0 aliphatic heterocycles.